The molecule has 0 saturated heterocycles. The highest BCUT2D eigenvalue weighted by atomic mass is 16.6. The Morgan fingerprint density at radius 3 is 2.94 bits per heavy atom. The quantitative estimate of drug-likeness (QED) is 0.388. The van der Waals surface area contributed by atoms with Crippen LogP contribution in [-0.2, 0) is 4.79 Å². The number of nitrogens with one attached hydrogen (secondary N) is 1. The number of aliphatic imine (C=N–C) groups is 1. The van der Waals surface area contributed by atoms with Crippen LogP contribution < -0.4 is 0 Å². The van der Waals surface area contributed by atoms with Crippen molar-refractivity contribution in [2.75, 3.05) is 0 Å². The molecule has 0 atom stereocenters. The highest BCUT2D eigenvalue weighted by Gasteiger charge is 2.09. The molecule has 0 spiro atoms. The van der Waals surface area contributed by atoms with Crippen molar-refractivity contribution in [2.24, 2.45) is 4.99 Å². The zero-order valence-electron chi connectivity index (χ0n) is 9.29. The maximum Gasteiger partial charge on any atom is 0.270 e. The maximum absolute atomic E-state index is 11.0. The van der Waals surface area contributed by atoms with Crippen LogP contribution in [0.4, 0.5) is 5.69 Å². The number of carbonyl (C=O) groups is 1. The maximum atomic E-state index is 11.0. The van der Waals surface area contributed by atoms with Crippen molar-refractivity contribution in [3.8, 4) is 0 Å². The molecule has 2 rings (SSSR count). The highest BCUT2D eigenvalue weighted by molar-refractivity contribution is 6.04. The molecule has 1 amide bonds. The molecule has 6 heteroatoms. The number of H-pyrrole nitrogens is 1. The predicted octanol–water partition coefficient (Wildman–Crippen LogP) is 2.21. The number of amides is 1. The molecule has 1 N–H and O–H groups in total. The second-order valence-corrected chi connectivity index (χ2v) is 3.53. The van der Waals surface area contributed by atoms with E-state index in [1.165, 1.54) is 18.3 Å². The Bertz CT molecular complexity index is 670. The van der Waals surface area contributed by atoms with Crippen LogP contribution in [0.3, 0.4) is 0 Å². The van der Waals surface area contributed by atoms with Gasteiger partial charge in [0.2, 0.25) is 0 Å². The summed E-state index contributed by atoms with van der Waals surface area (Å²) < 4.78 is 0. The third-order valence-corrected chi connectivity index (χ3v) is 2.41. The van der Waals surface area contributed by atoms with Crippen LogP contribution in [-0.4, -0.2) is 22.0 Å². The zero-order valence-corrected chi connectivity index (χ0v) is 9.29. The molecule has 1 aromatic carbocycles. The number of carbonyl (C=O) groups excluding carboxylic acids is 1. The van der Waals surface area contributed by atoms with E-state index in [1.54, 1.807) is 12.3 Å². The van der Waals surface area contributed by atoms with Crippen molar-refractivity contribution in [1.29, 1.82) is 0 Å². The van der Waals surface area contributed by atoms with Crippen LogP contribution in [0, 0.1) is 10.1 Å². The molecule has 0 aliphatic rings. The lowest BCUT2D eigenvalue weighted by molar-refractivity contribution is -0.384. The molecule has 1 aromatic heterocycles. The van der Waals surface area contributed by atoms with Gasteiger partial charge in [0.15, 0.2) is 0 Å². The fourth-order valence-corrected chi connectivity index (χ4v) is 1.54. The van der Waals surface area contributed by atoms with Gasteiger partial charge in [-0.25, -0.2) is 4.99 Å². The van der Waals surface area contributed by atoms with E-state index in [0.29, 0.717) is 10.9 Å². The number of aromatic nitrogens is 1. The number of hydrogen-bond acceptors (Lipinski definition) is 3. The second-order valence-electron chi connectivity index (χ2n) is 3.53. The van der Waals surface area contributed by atoms with Crippen molar-refractivity contribution in [3.05, 3.63) is 52.7 Å². The standard InChI is InChI=1S/C12H9N3O3/c1-2-12(16)14-7-8-6-13-11-4-3-9(15(17)18)5-10(8)11/h2-7,13H,1H2. The van der Waals surface area contributed by atoms with Gasteiger partial charge in [-0.05, 0) is 12.1 Å². The first kappa shape index (κ1) is 11.7. The average Bonchev–Trinajstić information content (AvgIpc) is 2.78. The molecule has 0 radical (unpaired) electrons. The normalized spacial score (nSPS) is 10.9. The Hall–Kier alpha value is -2.76. The Morgan fingerprint density at radius 1 is 1.50 bits per heavy atom. The van der Waals surface area contributed by atoms with Crippen molar-refractivity contribution < 1.29 is 9.72 Å². The van der Waals surface area contributed by atoms with Crippen molar-refractivity contribution >= 4 is 28.7 Å². The van der Waals surface area contributed by atoms with Gasteiger partial charge in [0.05, 0.1) is 4.92 Å². The lowest BCUT2D eigenvalue weighted by Gasteiger charge is -1.93. The van der Waals surface area contributed by atoms with E-state index >= 15 is 0 Å². The van der Waals surface area contributed by atoms with E-state index in [2.05, 4.69) is 16.6 Å². The summed E-state index contributed by atoms with van der Waals surface area (Å²) in [5.74, 6) is -0.463. The van der Waals surface area contributed by atoms with Gasteiger partial charge in [0.1, 0.15) is 0 Å². The van der Waals surface area contributed by atoms with Gasteiger partial charge in [-0.3, -0.25) is 14.9 Å². The summed E-state index contributed by atoms with van der Waals surface area (Å²) in [6.07, 6.45) is 4.08. The van der Waals surface area contributed by atoms with E-state index in [1.807, 2.05) is 0 Å². The number of nitro benzene ring substituents is 1. The van der Waals surface area contributed by atoms with E-state index in [4.69, 9.17) is 0 Å². The number of benzene rings is 1. The lowest BCUT2D eigenvalue weighted by atomic mass is 10.1. The average molecular weight is 243 g/mol. The molecule has 0 fully saturated rings. The van der Waals surface area contributed by atoms with Crippen LogP contribution in [0.25, 0.3) is 10.9 Å². The minimum Gasteiger partial charge on any atom is -0.361 e. The summed E-state index contributed by atoms with van der Waals surface area (Å²) in [7, 11) is 0. The summed E-state index contributed by atoms with van der Waals surface area (Å²) in [4.78, 5) is 27.8. The molecule has 18 heavy (non-hydrogen) atoms. The van der Waals surface area contributed by atoms with Crippen LogP contribution in [0.1, 0.15) is 5.56 Å². The highest BCUT2D eigenvalue weighted by Crippen LogP contribution is 2.22. The number of fused-ring (bicyclic) bond motifs is 1. The molecular weight excluding hydrogens is 234 g/mol. The Morgan fingerprint density at radius 2 is 2.28 bits per heavy atom. The van der Waals surface area contributed by atoms with Gasteiger partial charge in [-0.15, -0.1) is 0 Å². The molecule has 2 aromatic rings. The fraction of sp³-hybridized carbons (Fsp3) is 0. The summed E-state index contributed by atoms with van der Waals surface area (Å²) in [5.41, 5.74) is 1.35. The summed E-state index contributed by atoms with van der Waals surface area (Å²) >= 11 is 0. The van der Waals surface area contributed by atoms with Crippen LogP contribution in [0.5, 0.6) is 0 Å². The molecule has 1 heterocycles. The van der Waals surface area contributed by atoms with Crippen molar-refractivity contribution in [3.63, 3.8) is 0 Å². The van der Waals surface area contributed by atoms with E-state index in [-0.39, 0.29) is 5.69 Å². The molecule has 0 aliphatic carbocycles. The van der Waals surface area contributed by atoms with E-state index in [0.717, 1.165) is 11.6 Å². The number of non-ortho nitro benzene ring substituents is 1. The predicted molar refractivity (Wildman–Crippen MR) is 67.8 cm³/mol. The SMILES string of the molecule is C=CC(=O)N=Cc1c[nH]c2ccc([N+](=O)[O-])cc12. The summed E-state index contributed by atoms with van der Waals surface area (Å²) in [6, 6.07) is 4.46. The Kier molecular flexibility index (Phi) is 3.01. The molecule has 0 saturated carbocycles. The van der Waals surface area contributed by atoms with Gasteiger partial charge in [-0.1, -0.05) is 6.58 Å². The minimum atomic E-state index is -0.470. The van der Waals surface area contributed by atoms with Gasteiger partial charge >= 0.3 is 0 Å². The van der Waals surface area contributed by atoms with Gasteiger partial charge in [0, 0.05) is 41.0 Å². The topological polar surface area (TPSA) is 88.4 Å². The molecular formula is C12H9N3O3. The van der Waals surface area contributed by atoms with Gasteiger partial charge < -0.3 is 4.98 Å². The third kappa shape index (κ3) is 2.17. The van der Waals surface area contributed by atoms with Gasteiger partial charge in [0.25, 0.3) is 11.6 Å². The number of hydrogen-bond donors (Lipinski definition) is 1. The van der Waals surface area contributed by atoms with E-state index < -0.39 is 10.8 Å². The minimum absolute atomic E-state index is 0.00760. The first-order valence-corrected chi connectivity index (χ1v) is 5.08. The molecule has 0 aliphatic heterocycles. The molecule has 0 unspecified atom stereocenters. The fourth-order valence-electron chi connectivity index (χ4n) is 1.54. The Balaban J connectivity index is 2.48. The third-order valence-electron chi connectivity index (χ3n) is 2.41. The van der Waals surface area contributed by atoms with Crippen molar-refractivity contribution in [2.45, 2.75) is 0 Å². The summed E-state index contributed by atoms with van der Waals surface area (Å²) in [6.45, 7) is 3.30. The second kappa shape index (κ2) is 4.62. The van der Waals surface area contributed by atoms with Crippen LogP contribution >= 0.6 is 0 Å². The molecule has 6 nitrogen and oxygen atoms in total. The monoisotopic (exact) mass is 243 g/mol. The number of nitrogens with zero attached hydrogens (tertiary/aromatic N) is 2. The molecule has 90 valence electrons. The van der Waals surface area contributed by atoms with Crippen LogP contribution in [0.15, 0.2) is 42.0 Å². The zero-order chi connectivity index (χ0) is 13.1. The smallest absolute Gasteiger partial charge is 0.270 e. The number of aromatic amines is 1. The first-order valence-electron chi connectivity index (χ1n) is 5.08. The van der Waals surface area contributed by atoms with Gasteiger partial charge in [-0.2, -0.15) is 0 Å². The summed E-state index contributed by atoms with van der Waals surface area (Å²) in [5, 5.41) is 11.3. The first-order chi connectivity index (χ1) is 8.61. The largest absolute Gasteiger partial charge is 0.361 e. The lowest BCUT2D eigenvalue weighted by Crippen LogP contribution is -1.89. The van der Waals surface area contributed by atoms with E-state index in [9.17, 15) is 14.9 Å². The van der Waals surface area contributed by atoms with Crippen LogP contribution in [0.2, 0.25) is 0 Å². The van der Waals surface area contributed by atoms with Crippen molar-refractivity contribution in [1.82, 2.24) is 4.98 Å². The molecule has 0 bridgehead atoms. The Labute approximate surface area is 102 Å². The number of rotatable bonds is 3. The number of nitro groups is 1.